The van der Waals surface area contributed by atoms with Crippen LogP contribution < -0.4 is 5.73 Å². The molecular formula is C34H35N7O5. The van der Waals surface area contributed by atoms with Gasteiger partial charge in [0.1, 0.15) is 30.7 Å². The number of nitrogens with two attached hydrogens (primary N) is 1. The van der Waals surface area contributed by atoms with Crippen molar-refractivity contribution in [1.29, 1.82) is 0 Å². The van der Waals surface area contributed by atoms with Crippen LogP contribution >= 0.6 is 0 Å². The summed E-state index contributed by atoms with van der Waals surface area (Å²) >= 11 is 0. The molecule has 1 saturated heterocycles. The van der Waals surface area contributed by atoms with E-state index in [4.69, 9.17) is 10.5 Å². The highest BCUT2D eigenvalue weighted by Gasteiger charge is 2.45. The van der Waals surface area contributed by atoms with Crippen molar-refractivity contribution in [2.75, 3.05) is 18.9 Å². The summed E-state index contributed by atoms with van der Waals surface area (Å²) in [5.41, 5.74) is 10.7. The quantitative estimate of drug-likeness (QED) is 0.168. The zero-order valence-electron chi connectivity index (χ0n) is 25.1. The zero-order chi connectivity index (χ0) is 32.0. The minimum atomic E-state index is -1.25. The van der Waals surface area contributed by atoms with E-state index in [1.807, 2.05) is 84.9 Å². The van der Waals surface area contributed by atoms with Gasteiger partial charge in [0.15, 0.2) is 11.5 Å². The van der Waals surface area contributed by atoms with Crippen molar-refractivity contribution in [3.05, 3.63) is 109 Å². The van der Waals surface area contributed by atoms with E-state index in [1.165, 1.54) is 17.6 Å². The average Bonchev–Trinajstić information content (AvgIpc) is 3.60. The minimum Gasteiger partial charge on any atom is -0.394 e. The number of aliphatic hydroxyl groups is 2. The number of anilines is 1. The van der Waals surface area contributed by atoms with E-state index >= 15 is 0 Å². The number of imidazole rings is 1. The standard InChI is InChI=1S/C34H35N7O5/c35-31-30-32(37-20-36-31)39(21-38-30)22-46-29(28(43)19-42)15-16-40-33(44)27(41(34(40)45)18-24-7-3-1-4-8-24)17-23-11-13-26(14-12-23)25-9-5-2-6-10-25/h1-14,20-21,27-29,42-43H,15-19,22H2,(H2,35,36,37)/t27?,28-,29+/m0/s1. The third kappa shape index (κ3) is 6.59. The number of imide groups is 1. The van der Waals surface area contributed by atoms with Crippen LogP contribution in [-0.2, 0) is 29.2 Å². The normalized spacial score (nSPS) is 16.3. The van der Waals surface area contributed by atoms with Gasteiger partial charge in [-0.25, -0.2) is 19.7 Å². The number of amides is 3. The number of rotatable bonds is 13. The van der Waals surface area contributed by atoms with Crippen molar-refractivity contribution in [2.45, 2.75) is 44.4 Å². The molecule has 1 aliphatic heterocycles. The summed E-state index contributed by atoms with van der Waals surface area (Å²) in [5.74, 6) is -0.0958. The summed E-state index contributed by atoms with van der Waals surface area (Å²) in [6.45, 7) is -0.354. The largest absolute Gasteiger partial charge is 0.394 e. The highest BCUT2D eigenvalue weighted by Crippen LogP contribution is 2.26. The smallest absolute Gasteiger partial charge is 0.327 e. The number of nitrogen functional groups attached to an aromatic ring is 1. The number of aromatic nitrogens is 4. The van der Waals surface area contributed by atoms with Crippen molar-refractivity contribution in [3.8, 4) is 11.1 Å². The minimum absolute atomic E-state index is 0.00603. The van der Waals surface area contributed by atoms with Crippen LogP contribution in [0.2, 0.25) is 0 Å². The molecule has 0 saturated carbocycles. The molecule has 0 aliphatic carbocycles. The molecule has 1 aliphatic rings. The van der Waals surface area contributed by atoms with Gasteiger partial charge in [-0.1, -0.05) is 84.9 Å². The summed E-state index contributed by atoms with van der Waals surface area (Å²) in [6.07, 6.45) is 1.11. The van der Waals surface area contributed by atoms with E-state index in [9.17, 15) is 19.8 Å². The van der Waals surface area contributed by atoms with E-state index in [-0.39, 0.29) is 38.0 Å². The maximum Gasteiger partial charge on any atom is 0.327 e. The fourth-order valence-electron chi connectivity index (χ4n) is 5.67. The van der Waals surface area contributed by atoms with Crippen LogP contribution in [-0.4, -0.2) is 82.9 Å². The Labute approximate surface area is 265 Å². The van der Waals surface area contributed by atoms with E-state index in [1.54, 1.807) is 9.47 Å². The molecule has 6 rings (SSSR count). The summed E-state index contributed by atoms with van der Waals surface area (Å²) < 4.78 is 7.55. The summed E-state index contributed by atoms with van der Waals surface area (Å²) in [4.78, 5) is 42.8. The highest BCUT2D eigenvalue weighted by atomic mass is 16.5. The average molecular weight is 622 g/mol. The van der Waals surface area contributed by atoms with Crippen LogP contribution in [0.4, 0.5) is 10.6 Å². The van der Waals surface area contributed by atoms with Crippen LogP contribution in [0, 0.1) is 0 Å². The van der Waals surface area contributed by atoms with Gasteiger partial charge in [-0.2, -0.15) is 0 Å². The lowest BCUT2D eigenvalue weighted by atomic mass is 10.00. The fourth-order valence-corrected chi connectivity index (χ4v) is 5.67. The summed E-state index contributed by atoms with van der Waals surface area (Å²) in [5, 5.41) is 20.3. The Kier molecular flexibility index (Phi) is 9.29. The molecule has 4 N–H and O–H groups in total. The van der Waals surface area contributed by atoms with Gasteiger partial charge in [0.25, 0.3) is 5.91 Å². The summed E-state index contributed by atoms with van der Waals surface area (Å²) in [7, 11) is 0. The fraction of sp³-hybridized carbons (Fsp3) is 0.265. The van der Waals surface area contributed by atoms with E-state index in [0.29, 0.717) is 17.6 Å². The molecule has 46 heavy (non-hydrogen) atoms. The van der Waals surface area contributed by atoms with Gasteiger partial charge in [-0.3, -0.25) is 14.3 Å². The lowest BCUT2D eigenvalue weighted by molar-refractivity contribution is -0.129. The molecule has 0 spiro atoms. The zero-order valence-corrected chi connectivity index (χ0v) is 25.1. The summed E-state index contributed by atoms with van der Waals surface area (Å²) in [6, 6.07) is 26.5. The number of hydrogen-bond donors (Lipinski definition) is 3. The molecule has 2 aromatic heterocycles. The molecular weight excluding hydrogens is 586 g/mol. The lowest BCUT2D eigenvalue weighted by Gasteiger charge is -2.24. The Morgan fingerprint density at radius 2 is 1.57 bits per heavy atom. The first kappa shape index (κ1) is 30.8. The number of fused-ring (bicyclic) bond motifs is 1. The van der Waals surface area contributed by atoms with E-state index < -0.39 is 30.9 Å². The monoisotopic (exact) mass is 621 g/mol. The second kappa shape index (κ2) is 13.9. The number of carbonyl (C=O) groups excluding carboxylic acids is 2. The van der Waals surface area contributed by atoms with Gasteiger partial charge in [0, 0.05) is 19.5 Å². The van der Waals surface area contributed by atoms with Crippen molar-refractivity contribution < 1.29 is 24.5 Å². The maximum absolute atomic E-state index is 13.9. The predicted molar refractivity (Wildman–Crippen MR) is 171 cm³/mol. The predicted octanol–water partition coefficient (Wildman–Crippen LogP) is 3.24. The number of benzene rings is 3. The Balaban J connectivity index is 1.18. The second-order valence-electron chi connectivity index (χ2n) is 11.2. The Hall–Kier alpha value is -5.17. The number of hydrogen-bond acceptors (Lipinski definition) is 9. The van der Waals surface area contributed by atoms with Crippen LogP contribution in [0.5, 0.6) is 0 Å². The first-order valence-electron chi connectivity index (χ1n) is 15.0. The van der Waals surface area contributed by atoms with Gasteiger partial charge >= 0.3 is 6.03 Å². The molecule has 3 heterocycles. The highest BCUT2D eigenvalue weighted by molar-refractivity contribution is 6.04. The molecule has 0 bridgehead atoms. The SMILES string of the molecule is Nc1ncnc2c1ncn2CO[C@H](CCN1C(=O)C(Cc2ccc(-c3ccccc3)cc2)N(Cc2ccccc2)C1=O)[C@@H](O)CO. The Morgan fingerprint density at radius 1 is 0.870 bits per heavy atom. The van der Waals surface area contributed by atoms with E-state index in [0.717, 1.165) is 22.3 Å². The van der Waals surface area contributed by atoms with E-state index in [2.05, 4.69) is 15.0 Å². The van der Waals surface area contributed by atoms with Crippen molar-refractivity contribution in [3.63, 3.8) is 0 Å². The molecule has 3 aromatic carbocycles. The molecule has 1 fully saturated rings. The molecule has 12 heteroatoms. The van der Waals surface area contributed by atoms with Crippen LogP contribution in [0.1, 0.15) is 17.5 Å². The molecule has 3 atom stereocenters. The van der Waals surface area contributed by atoms with Crippen LogP contribution in [0.15, 0.2) is 97.6 Å². The molecule has 0 radical (unpaired) electrons. The second-order valence-corrected chi connectivity index (χ2v) is 11.2. The van der Waals surface area contributed by atoms with Crippen LogP contribution in [0.3, 0.4) is 0 Å². The van der Waals surface area contributed by atoms with Gasteiger partial charge in [-0.15, -0.1) is 0 Å². The van der Waals surface area contributed by atoms with Crippen molar-refractivity contribution >= 4 is 28.9 Å². The number of ether oxygens (including phenoxy) is 1. The molecule has 12 nitrogen and oxygen atoms in total. The van der Waals surface area contributed by atoms with Gasteiger partial charge in [-0.05, 0) is 28.7 Å². The van der Waals surface area contributed by atoms with Gasteiger partial charge in [0.2, 0.25) is 0 Å². The Morgan fingerprint density at radius 3 is 2.28 bits per heavy atom. The molecule has 3 amide bonds. The third-order valence-corrected chi connectivity index (χ3v) is 8.20. The molecule has 1 unspecified atom stereocenters. The number of urea groups is 1. The van der Waals surface area contributed by atoms with Gasteiger partial charge in [0.05, 0.1) is 19.0 Å². The van der Waals surface area contributed by atoms with Crippen molar-refractivity contribution in [2.24, 2.45) is 0 Å². The molecule has 5 aromatic rings. The Bertz CT molecular complexity index is 1780. The van der Waals surface area contributed by atoms with Gasteiger partial charge < -0.3 is 25.6 Å². The maximum atomic E-state index is 13.9. The number of carbonyl (C=O) groups is 2. The molecule has 236 valence electrons. The lowest BCUT2D eigenvalue weighted by Crippen LogP contribution is -2.39. The van der Waals surface area contributed by atoms with Crippen molar-refractivity contribution in [1.82, 2.24) is 29.3 Å². The number of aliphatic hydroxyl groups excluding tert-OH is 2. The third-order valence-electron chi connectivity index (χ3n) is 8.20. The first-order valence-corrected chi connectivity index (χ1v) is 15.0. The topological polar surface area (TPSA) is 160 Å². The van der Waals surface area contributed by atoms with Crippen LogP contribution in [0.25, 0.3) is 22.3 Å². The number of nitrogens with zero attached hydrogens (tertiary/aromatic N) is 6. The first-order chi connectivity index (χ1) is 22.4.